The molecule has 1 aliphatic rings. The Kier molecular flexibility index (Phi) is 3.60. The number of rotatable bonds is 5. The maximum Gasteiger partial charge on any atom is 0.306 e. The van der Waals surface area contributed by atoms with E-state index < -0.39 is 5.97 Å². The fourth-order valence-corrected chi connectivity index (χ4v) is 2.55. The first-order valence-electron chi connectivity index (χ1n) is 6.40. The second-order valence-electron chi connectivity index (χ2n) is 5.16. The van der Waals surface area contributed by atoms with Gasteiger partial charge in [-0.2, -0.15) is 0 Å². The van der Waals surface area contributed by atoms with Gasteiger partial charge in [-0.05, 0) is 61.8 Å². The maximum atomic E-state index is 10.8. The average molecular weight is 248 g/mol. The zero-order chi connectivity index (χ0) is 13.3. The fourth-order valence-electron chi connectivity index (χ4n) is 2.55. The summed E-state index contributed by atoms with van der Waals surface area (Å²) in [4.78, 5) is 10.8. The largest absolute Gasteiger partial charge is 0.496 e. The summed E-state index contributed by atoms with van der Waals surface area (Å²) in [6.45, 7) is 4.17. The van der Waals surface area contributed by atoms with Crippen molar-refractivity contribution in [2.45, 2.75) is 33.1 Å². The Bertz CT molecular complexity index is 465. The highest BCUT2D eigenvalue weighted by Gasteiger charge is 2.42. The van der Waals surface area contributed by atoms with Crippen LogP contribution in [0.5, 0.6) is 5.75 Å². The normalized spacial score (nSPS) is 21.7. The van der Waals surface area contributed by atoms with Crippen LogP contribution in [0.2, 0.25) is 0 Å². The Labute approximate surface area is 108 Å². The van der Waals surface area contributed by atoms with Gasteiger partial charge in [0.15, 0.2) is 0 Å². The lowest BCUT2D eigenvalue weighted by atomic mass is 9.97. The van der Waals surface area contributed by atoms with Crippen LogP contribution in [-0.4, -0.2) is 18.2 Å². The van der Waals surface area contributed by atoms with E-state index in [1.54, 1.807) is 7.11 Å². The summed E-state index contributed by atoms with van der Waals surface area (Å²) in [7, 11) is 1.68. The molecule has 18 heavy (non-hydrogen) atoms. The number of aryl methyl sites for hydroxylation is 1. The Balaban J connectivity index is 1.99. The minimum Gasteiger partial charge on any atom is -0.496 e. The molecule has 1 aliphatic carbocycles. The summed E-state index contributed by atoms with van der Waals surface area (Å²) in [5.74, 6) is 0.572. The van der Waals surface area contributed by atoms with Crippen LogP contribution in [-0.2, 0) is 11.2 Å². The fraction of sp³-hybridized carbons (Fsp3) is 0.533. The summed E-state index contributed by atoms with van der Waals surface area (Å²) in [6, 6.07) is 4.10. The first kappa shape index (κ1) is 12.9. The van der Waals surface area contributed by atoms with Crippen molar-refractivity contribution in [2.24, 2.45) is 11.8 Å². The molecule has 3 nitrogen and oxygen atoms in total. The summed E-state index contributed by atoms with van der Waals surface area (Å²) in [5.41, 5.74) is 3.76. The van der Waals surface area contributed by atoms with Gasteiger partial charge in [-0.15, -0.1) is 0 Å². The van der Waals surface area contributed by atoms with E-state index in [0.29, 0.717) is 5.92 Å². The van der Waals surface area contributed by atoms with Crippen molar-refractivity contribution in [3.63, 3.8) is 0 Å². The van der Waals surface area contributed by atoms with Gasteiger partial charge in [0.2, 0.25) is 0 Å². The predicted octanol–water partition coefficient (Wildman–Crippen LogP) is 2.97. The van der Waals surface area contributed by atoms with E-state index >= 15 is 0 Å². The molecular weight excluding hydrogens is 228 g/mol. The molecule has 0 aromatic heterocycles. The third-order valence-electron chi connectivity index (χ3n) is 4.09. The number of hydrogen-bond acceptors (Lipinski definition) is 2. The Morgan fingerprint density at radius 2 is 2.11 bits per heavy atom. The smallest absolute Gasteiger partial charge is 0.306 e. The topological polar surface area (TPSA) is 46.5 Å². The van der Waals surface area contributed by atoms with Crippen molar-refractivity contribution in [1.82, 2.24) is 0 Å². The van der Waals surface area contributed by atoms with Crippen LogP contribution in [0.3, 0.4) is 0 Å². The Morgan fingerprint density at radius 3 is 2.67 bits per heavy atom. The summed E-state index contributed by atoms with van der Waals surface area (Å²) < 4.78 is 5.29. The molecule has 2 unspecified atom stereocenters. The van der Waals surface area contributed by atoms with Crippen molar-refractivity contribution < 1.29 is 14.6 Å². The number of benzene rings is 1. The van der Waals surface area contributed by atoms with Crippen molar-refractivity contribution in [3.8, 4) is 5.75 Å². The van der Waals surface area contributed by atoms with E-state index in [4.69, 9.17) is 9.84 Å². The molecule has 3 heteroatoms. The summed E-state index contributed by atoms with van der Waals surface area (Å²) in [5, 5.41) is 8.87. The number of hydrogen-bond donors (Lipinski definition) is 1. The summed E-state index contributed by atoms with van der Waals surface area (Å²) >= 11 is 0. The predicted molar refractivity (Wildman–Crippen MR) is 70.0 cm³/mol. The number of methoxy groups -OCH3 is 1. The SMILES string of the molecule is COc1ccc(CCC2CC2C(=O)O)c(C)c1C. The highest BCUT2D eigenvalue weighted by Crippen LogP contribution is 2.42. The Hall–Kier alpha value is -1.51. The second-order valence-corrected chi connectivity index (χ2v) is 5.16. The van der Waals surface area contributed by atoms with Crippen LogP contribution < -0.4 is 4.74 Å². The molecule has 1 fully saturated rings. The van der Waals surface area contributed by atoms with Gasteiger partial charge in [-0.25, -0.2) is 0 Å². The highest BCUT2D eigenvalue weighted by atomic mass is 16.5. The van der Waals surface area contributed by atoms with Gasteiger partial charge in [0, 0.05) is 0 Å². The van der Waals surface area contributed by atoms with Gasteiger partial charge in [0.1, 0.15) is 5.75 Å². The van der Waals surface area contributed by atoms with Gasteiger partial charge < -0.3 is 9.84 Å². The third-order valence-corrected chi connectivity index (χ3v) is 4.09. The van der Waals surface area contributed by atoms with Crippen molar-refractivity contribution >= 4 is 5.97 Å². The molecule has 1 aromatic rings. The lowest BCUT2D eigenvalue weighted by molar-refractivity contribution is -0.138. The molecule has 0 heterocycles. The molecule has 0 saturated heterocycles. The third kappa shape index (κ3) is 2.50. The van der Waals surface area contributed by atoms with Gasteiger partial charge >= 0.3 is 5.97 Å². The molecule has 1 aromatic carbocycles. The van der Waals surface area contributed by atoms with Crippen molar-refractivity contribution in [3.05, 3.63) is 28.8 Å². The van der Waals surface area contributed by atoms with E-state index in [2.05, 4.69) is 19.9 Å². The van der Waals surface area contributed by atoms with Crippen LogP contribution in [0.25, 0.3) is 0 Å². The molecule has 0 spiro atoms. The molecule has 1 N–H and O–H groups in total. The lowest BCUT2D eigenvalue weighted by Gasteiger charge is -2.12. The van der Waals surface area contributed by atoms with Crippen LogP contribution in [0.4, 0.5) is 0 Å². The monoisotopic (exact) mass is 248 g/mol. The molecule has 0 aliphatic heterocycles. The van der Waals surface area contributed by atoms with Gasteiger partial charge in [0.05, 0.1) is 13.0 Å². The van der Waals surface area contributed by atoms with E-state index in [1.165, 1.54) is 16.7 Å². The number of carbonyl (C=O) groups is 1. The van der Waals surface area contributed by atoms with Crippen LogP contribution in [0.1, 0.15) is 29.5 Å². The first-order chi connectivity index (χ1) is 8.54. The van der Waals surface area contributed by atoms with E-state index in [0.717, 1.165) is 25.0 Å². The number of carboxylic acid groups (broad SMARTS) is 1. The van der Waals surface area contributed by atoms with E-state index in [1.807, 2.05) is 6.07 Å². The quantitative estimate of drug-likeness (QED) is 0.871. The molecule has 0 radical (unpaired) electrons. The number of carboxylic acids is 1. The van der Waals surface area contributed by atoms with Crippen molar-refractivity contribution in [2.75, 3.05) is 7.11 Å². The zero-order valence-corrected chi connectivity index (χ0v) is 11.2. The number of aliphatic carboxylic acids is 1. The summed E-state index contributed by atoms with van der Waals surface area (Å²) in [6.07, 6.45) is 2.79. The molecule has 0 amide bonds. The maximum absolute atomic E-state index is 10.8. The van der Waals surface area contributed by atoms with Gasteiger partial charge in [-0.3, -0.25) is 4.79 Å². The van der Waals surface area contributed by atoms with Gasteiger partial charge in [0.25, 0.3) is 0 Å². The standard InChI is InChI=1S/C15H20O3/c1-9-10(2)14(18-3)7-6-11(9)4-5-12-8-13(12)15(16)17/h6-7,12-13H,4-5,8H2,1-3H3,(H,16,17). The molecule has 98 valence electrons. The van der Waals surface area contributed by atoms with Gasteiger partial charge in [-0.1, -0.05) is 6.07 Å². The average Bonchev–Trinajstić information content (AvgIpc) is 3.11. The van der Waals surface area contributed by atoms with Crippen LogP contribution in [0, 0.1) is 25.7 Å². The van der Waals surface area contributed by atoms with E-state index in [9.17, 15) is 4.79 Å². The minimum absolute atomic E-state index is 0.0929. The first-order valence-corrected chi connectivity index (χ1v) is 6.40. The highest BCUT2D eigenvalue weighted by molar-refractivity contribution is 5.73. The molecular formula is C15H20O3. The van der Waals surface area contributed by atoms with Crippen molar-refractivity contribution in [1.29, 1.82) is 0 Å². The Morgan fingerprint density at radius 1 is 1.39 bits per heavy atom. The van der Waals surface area contributed by atoms with Crippen LogP contribution >= 0.6 is 0 Å². The minimum atomic E-state index is -0.636. The second kappa shape index (κ2) is 5.01. The molecule has 2 rings (SSSR count). The molecule has 0 bridgehead atoms. The molecule has 2 atom stereocenters. The molecule has 1 saturated carbocycles. The number of ether oxygens (including phenoxy) is 1. The van der Waals surface area contributed by atoms with Crippen LogP contribution in [0.15, 0.2) is 12.1 Å². The zero-order valence-electron chi connectivity index (χ0n) is 11.2. The lowest BCUT2D eigenvalue weighted by Crippen LogP contribution is -2.01. The van der Waals surface area contributed by atoms with E-state index in [-0.39, 0.29) is 5.92 Å².